The van der Waals surface area contributed by atoms with E-state index in [1.807, 2.05) is 0 Å². The third kappa shape index (κ3) is 4.40. The molecule has 0 fully saturated rings. The van der Waals surface area contributed by atoms with Crippen LogP contribution in [0.3, 0.4) is 0 Å². The molecule has 0 saturated carbocycles. The summed E-state index contributed by atoms with van der Waals surface area (Å²) in [4.78, 5) is 13.6. The fourth-order valence-electron chi connectivity index (χ4n) is 3.37. The average molecular weight is 422 g/mol. The van der Waals surface area contributed by atoms with Gasteiger partial charge in [-0.1, -0.05) is 44.0 Å². The normalized spacial score (nSPS) is 16.4. The van der Waals surface area contributed by atoms with E-state index >= 15 is 0 Å². The van der Waals surface area contributed by atoms with Gasteiger partial charge in [0.25, 0.3) is 0 Å². The number of carbonyl (C=O) groups excluding carboxylic acids is 1. The number of nitrogens with zero attached hydrogens (tertiary/aromatic N) is 1. The maximum absolute atomic E-state index is 12.4. The minimum Gasteiger partial charge on any atom is -0.308 e. The van der Waals surface area contributed by atoms with Gasteiger partial charge in [0.05, 0.1) is 15.6 Å². The first-order valence-electron chi connectivity index (χ1n) is 8.76. The number of urea groups is 1. The van der Waals surface area contributed by atoms with E-state index < -0.39 is 6.03 Å². The summed E-state index contributed by atoms with van der Waals surface area (Å²) in [6, 6.07) is 6.75. The second kappa shape index (κ2) is 7.71. The van der Waals surface area contributed by atoms with E-state index in [0.717, 1.165) is 24.8 Å². The molecule has 4 nitrogen and oxygen atoms in total. The smallest absolute Gasteiger partial charge is 0.308 e. The van der Waals surface area contributed by atoms with E-state index in [-0.39, 0.29) is 5.41 Å². The van der Waals surface area contributed by atoms with Crippen LogP contribution in [0.15, 0.2) is 18.2 Å². The Kier molecular flexibility index (Phi) is 5.71. The number of thiophene rings is 1. The predicted molar refractivity (Wildman–Crippen MR) is 113 cm³/mol. The van der Waals surface area contributed by atoms with Gasteiger partial charge in [-0.05, 0) is 54.4 Å². The minimum atomic E-state index is -0.407. The topological polar surface area (TPSA) is 64.9 Å². The van der Waals surface area contributed by atoms with E-state index in [0.29, 0.717) is 32.2 Å². The number of hydrogen-bond acceptors (Lipinski definition) is 3. The molecular formula is C20H21Cl2N3OS. The molecule has 1 aromatic heterocycles. The van der Waals surface area contributed by atoms with Crippen molar-refractivity contribution in [1.82, 2.24) is 0 Å². The van der Waals surface area contributed by atoms with Gasteiger partial charge >= 0.3 is 6.03 Å². The van der Waals surface area contributed by atoms with Gasteiger partial charge in [-0.25, -0.2) is 4.79 Å². The third-order valence-corrected chi connectivity index (χ3v) is 6.92. The molecule has 1 heterocycles. The van der Waals surface area contributed by atoms with Crippen LogP contribution < -0.4 is 10.6 Å². The zero-order valence-corrected chi connectivity index (χ0v) is 17.8. The summed E-state index contributed by atoms with van der Waals surface area (Å²) in [5.41, 5.74) is 2.45. The van der Waals surface area contributed by atoms with Crippen LogP contribution >= 0.6 is 34.5 Å². The molecule has 2 N–H and O–H groups in total. The quantitative estimate of drug-likeness (QED) is 0.564. The molecular weight excluding hydrogens is 401 g/mol. The number of rotatable bonds is 2. The van der Waals surface area contributed by atoms with Gasteiger partial charge in [0.15, 0.2) is 0 Å². The van der Waals surface area contributed by atoms with Gasteiger partial charge in [0, 0.05) is 10.6 Å². The maximum atomic E-state index is 12.4. The maximum Gasteiger partial charge on any atom is 0.324 e. The summed E-state index contributed by atoms with van der Waals surface area (Å²) in [6.45, 7) is 6.77. The molecule has 0 aliphatic heterocycles. The van der Waals surface area contributed by atoms with Crippen LogP contribution in [0.4, 0.5) is 15.5 Å². The standard InChI is InChI=1S/C20H21Cl2N3OS/c1-20(2,3)11-4-6-13-14(10-23)18(27-17(13)8-11)25-19(26)24-12-5-7-15(21)16(22)9-12/h5,7,9,11H,4,6,8H2,1-3H3,(H2,24,25,26). The zero-order valence-electron chi connectivity index (χ0n) is 15.5. The van der Waals surface area contributed by atoms with Crippen LogP contribution in [0.2, 0.25) is 10.0 Å². The van der Waals surface area contributed by atoms with Crippen LogP contribution in [-0.4, -0.2) is 6.03 Å². The van der Waals surface area contributed by atoms with E-state index in [4.69, 9.17) is 23.2 Å². The van der Waals surface area contributed by atoms with Crippen molar-refractivity contribution >= 4 is 51.3 Å². The van der Waals surface area contributed by atoms with Gasteiger partial charge in [-0.3, -0.25) is 5.32 Å². The second-order valence-corrected chi connectivity index (χ2v) is 9.75. The summed E-state index contributed by atoms with van der Waals surface area (Å²) >= 11 is 13.4. The SMILES string of the molecule is CC(C)(C)C1CCc2c(sc(NC(=O)Nc3ccc(Cl)c(Cl)c3)c2C#N)C1. The van der Waals surface area contributed by atoms with E-state index in [9.17, 15) is 10.1 Å². The molecule has 1 aliphatic carbocycles. The Labute approximate surface area is 173 Å². The molecule has 1 unspecified atom stereocenters. The minimum absolute atomic E-state index is 0.229. The van der Waals surface area contributed by atoms with Crippen molar-refractivity contribution in [2.45, 2.75) is 40.0 Å². The van der Waals surface area contributed by atoms with E-state index in [1.54, 1.807) is 18.2 Å². The largest absolute Gasteiger partial charge is 0.324 e. The van der Waals surface area contributed by atoms with Gasteiger partial charge in [0.2, 0.25) is 0 Å². The fourth-order valence-corrected chi connectivity index (χ4v) is 4.94. The third-order valence-electron chi connectivity index (χ3n) is 5.01. The lowest BCUT2D eigenvalue weighted by Crippen LogP contribution is -2.26. The van der Waals surface area contributed by atoms with Crippen LogP contribution in [0.5, 0.6) is 0 Å². The Morgan fingerprint density at radius 2 is 2.00 bits per heavy atom. The van der Waals surface area contributed by atoms with Crippen molar-refractivity contribution in [2.75, 3.05) is 10.6 Å². The molecule has 1 aliphatic rings. The van der Waals surface area contributed by atoms with Crippen LogP contribution in [0, 0.1) is 22.7 Å². The summed E-state index contributed by atoms with van der Waals surface area (Å²) in [6.07, 6.45) is 2.90. The Hall–Kier alpha value is -1.74. The average Bonchev–Trinajstić information content (AvgIpc) is 2.93. The molecule has 3 rings (SSSR count). The van der Waals surface area contributed by atoms with Crippen molar-refractivity contribution in [1.29, 1.82) is 5.26 Å². The Morgan fingerprint density at radius 3 is 2.63 bits per heavy atom. The molecule has 142 valence electrons. The molecule has 0 bridgehead atoms. The molecule has 27 heavy (non-hydrogen) atoms. The van der Waals surface area contributed by atoms with Gasteiger partial charge in [0.1, 0.15) is 11.1 Å². The zero-order chi connectivity index (χ0) is 19.8. The van der Waals surface area contributed by atoms with Crippen molar-refractivity contribution in [2.24, 2.45) is 11.3 Å². The highest BCUT2D eigenvalue weighted by atomic mass is 35.5. The molecule has 1 atom stereocenters. The number of amides is 2. The summed E-state index contributed by atoms with van der Waals surface area (Å²) < 4.78 is 0. The first-order chi connectivity index (χ1) is 12.7. The highest BCUT2D eigenvalue weighted by Crippen LogP contribution is 2.44. The lowest BCUT2D eigenvalue weighted by Gasteiger charge is -2.33. The Bertz CT molecular complexity index is 925. The lowest BCUT2D eigenvalue weighted by molar-refractivity contribution is 0.218. The van der Waals surface area contributed by atoms with Crippen LogP contribution in [-0.2, 0) is 12.8 Å². The molecule has 2 aromatic rings. The predicted octanol–water partition coefficient (Wildman–Crippen LogP) is 6.72. The number of fused-ring (bicyclic) bond motifs is 1. The van der Waals surface area contributed by atoms with E-state index in [2.05, 4.69) is 37.5 Å². The number of carbonyl (C=O) groups is 1. The highest BCUT2D eigenvalue weighted by Gasteiger charge is 2.32. The number of anilines is 2. The Balaban J connectivity index is 1.77. The van der Waals surface area contributed by atoms with Crippen molar-refractivity contribution in [3.63, 3.8) is 0 Å². The molecule has 0 saturated heterocycles. The van der Waals surface area contributed by atoms with Crippen LogP contribution in [0.1, 0.15) is 43.2 Å². The number of benzene rings is 1. The fraction of sp³-hybridized carbons (Fsp3) is 0.400. The summed E-state index contributed by atoms with van der Waals surface area (Å²) in [5, 5.41) is 16.6. The molecule has 2 amide bonds. The molecule has 1 aromatic carbocycles. The first-order valence-corrected chi connectivity index (χ1v) is 10.3. The summed E-state index contributed by atoms with van der Waals surface area (Å²) in [7, 11) is 0. The first kappa shape index (κ1) is 20.0. The monoisotopic (exact) mass is 421 g/mol. The number of hydrogen-bond donors (Lipinski definition) is 2. The second-order valence-electron chi connectivity index (χ2n) is 7.83. The highest BCUT2D eigenvalue weighted by molar-refractivity contribution is 7.16. The van der Waals surface area contributed by atoms with Gasteiger partial charge in [-0.2, -0.15) is 5.26 Å². The summed E-state index contributed by atoms with van der Waals surface area (Å²) in [5.74, 6) is 0.577. The van der Waals surface area contributed by atoms with Gasteiger partial charge < -0.3 is 5.32 Å². The van der Waals surface area contributed by atoms with Crippen molar-refractivity contribution in [3.8, 4) is 6.07 Å². The van der Waals surface area contributed by atoms with Gasteiger partial charge in [-0.15, -0.1) is 11.3 Å². The number of halogens is 2. The van der Waals surface area contributed by atoms with Crippen LogP contribution in [0.25, 0.3) is 0 Å². The number of nitrogens with one attached hydrogen (secondary N) is 2. The number of nitriles is 1. The van der Waals surface area contributed by atoms with Crippen molar-refractivity contribution in [3.05, 3.63) is 44.2 Å². The molecule has 0 spiro atoms. The van der Waals surface area contributed by atoms with E-state index in [1.165, 1.54) is 16.2 Å². The lowest BCUT2D eigenvalue weighted by atomic mass is 9.72. The molecule has 7 heteroatoms. The van der Waals surface area contributed by atoms with Crippen molar-refractivity contribution < 1.29 is 4.79 Å². The molecule has 0 radical (unpaired) electrons. The Morgan fingerprint density at radius 1 is 1.26 bits per heavy atom.